The third-order valence-corrected chi connectivity index (χ3v) is 6.05. The molecule has 0 radical (unpaired) electrons. The maximum absolute atomic E-state index is 14.2. The number of aromatic nitrogens is 5. The molecule has 2 aromatic carbocycles. The van der Waals surface area contributed by atoms with Gasteiger partial charge in [0, 0.05) is 12.1 Å². The fourth-order valence-electron chi connectivity index (χ4n) is 3.91. The number of hydrogen-bond acceptors (Lipinski definition) is 6. The number of hydrogen-bond donors (Lipinski definition) is 0. The molecular weight excluding hydrogens is 466 g/mol. The molecular formula is C23H15ClF2N6O2. The fraction of sp³-hybridized carbons (Fsp3) is 0.174. The van der Waals surface area contributed by atoms with Gasteiger partial charge in [-0.05, 0) is 37.6 Å². The lowest BCUT2D eigenvalue weighted by molar-refractivity contribution is 0.429. The van der Waals surface area contributed by atoms with Crippen LogP contribution in [-0.4, -0.2) is 24.1 Å². The molecule has 0 fully saturated rings. The Kier molecular flexibility index (Phi) is 5.14. The SMILES string of the molecule is CCC(C)n1c(=O)c2c(-c3noc(-c4ccc(F)cc4F)n3)ncn2c2ccc(Cl)c(C#N)c21. The van der Waals surface area contributed by atoms with Crippen molar-refractivity contribution >= 4 is 28.2 Å². The maximum Gasteiger partial charge on any atom is 0.278 e. The molecule has 34 heavy (non-hydrogen) atoms. The van der Waals surface area contributed by atoms with Crippen molar-refractivity contribution in [2.24, 2.45) is 0 Å². The van der Waals surface area contributed by atoms with Gasteiger partial charge in [-0.25, -0.2) is 13.8 Å². The van der Waals surface area contributed by atoms with Crippen LogP contribution in [0, 0.1) is 23.0 Å². The van der Waals surface area contributed by atoms with Crippen LogP contribution >= 0.6 is 11.6 Å². The van der Waals surface area contributed by atoms with Crippen molar-refractivity contribution in [1.29, 1.82) is 5.26 Å². The third kappa shape index (κ3) is 3.16. The second-order valence-corrected chi connectivity index (χ2v) is 8.10. The summed E-state index contributed by atoms with van der Waals surface area (Å²) in [5.74, 6) is -1.83. The summed E-state index contributed by atoms with van der Waals surface area (Å²) in [4.78, 5) is 22.2. The van der Waals surface area contributed by atoms with Gasteiger partial charge in [0.05, 0.1) is 27.2 Å². The largest absolute Gasteiger partial charge is 0.333 e. The average molecular weight is 481 g/mol. The summed E-state index contributed by atoms with van der Waals surface area (Å²) < 4.78 is 35.7. The van der Waals surface area contributed by atoms with Crippen LogP contribution in [0.25, 0.3) is 39.5 Å². The molecule has 0 aliphatic carbocycles. The van der Waals surface area contributed by atoms with Crippen LogP contribution in [0.4, 0.5) is 8.78 Å². The second-order valence-electron chi connectivity index (χ2n) is 7.69. The lowest BCUT2D eigenvalue weighted by Crippen LogP contribution is -2.26. The normalized spacial score (nSPS) is 12.4. The van der Waals surface area contributed by atoms with Crippen molar-refractivity contribution in [3.63, 3.8) is 0 Å². The molecule has 0 amide bonds. The van der Waals surface area contributed by atoms with Crippen LogP contribution < -0.4 is 5.56 Å². The molecule has 0 saturated heterocycles. The molecule has 5 rings (SSSR count). The predicted octanol–water partition coefficient (Wildman–Crippen LogP) is 5.14. The van der Waals surface area contributed by atoms with Gasteiger partial charge in [0.15, 0.2) is 0 Å². The predicted molar refractivity (Wildman–Crippen MR) is 120 cm³/mol. The average Bonchev–Trinajstić information content (AvgIpc) is 3.46. The van der Waals surface area contributed by atoms with E-state index in [1.54, 1.807) is 12.1 Å². The highest BCUT2D eigenvalue weighted by Gasteiger charge is 2.25. The van der Waals surface area contributed by atoms with Gasteiger partial charge in [0.2, 0.25) is 5.82 Å². The van der Waals surface area contributed by atoms with Gasteiger partial charge >= 0.3 is 0 Å². The lowest BCUT2D eigenvalue weighted by atomic mass is 10.1. The van der Waals surface area contributed by atoms with Crippen molar-refractivity contribution in [1.82, 2.24) is 24.1 Å². The van der Waals surface area contributed by atoms with Crippen LogP contribution in [0.1, 0.15) is 31.9 Å². The number of imidazole rings is 1. The van der Waals surface area contributed by atoms with Crippen molar-refractivity contribution in [2.75, 3.05) is 0 Å². The first kappa shape index (κ1) is 21.7. The molecule has 0 N–H and O–H groups in total. The first-order chi connectivity index (χ1) is 16.3. The Balaban J connectivity index is 1.80. The molecule has 0 bridgehead atoms. The minimum Gasteiger partial charge on any atom is -0.333 e. The van der Waals surface area contributed by atoms with E-state index in [4.69, 9.17) is 16.1 Å². The van der Waals surface area contributed by atoms with Crippen LogP contribution in [0.2, 0.25) is 5.02 Å². The molecule has 0 saturated carbocycles. The monoisotopic (exact) mass is 480 g/mol. The number of halogens is 3. The van der Waals surface area contributed by atoms with E-state index in [0.29, 0.717) is 23.5 Å². The Bertz CT molecular complexity index is 1700. The summed E-state index contributed by atoms with van der Waals surface area (Å²) in [6.07, 6.45) is 2.03. The quantitative estimate of drug-likeness (QED) is 0.353. The number of nitrogens with zero attached hydrogens (tertiary/aromatic N) is 6. The molecule has 1 atom stereocenters. The molecule has 0 aliphatic heterocycles. The summed E-state index contributed by atoms with van der Waals surface area (Å²) in [6, 6.07) is 8.07. The van der Waals surface area contributed by atoms with E-state index in [-0.39, 0.29) is 45.1 Å². The fourth-order valence-corrected chi connectivity index (χ4v) is 4.10. The minimum atomic E-state index is -0.865. The Hall–Kier alpha value is -4.10. The van der Waals surface area contributed by atoms with E-state index >= 15 is 0 Å². The van der Waals surface area contributed by atoms with E-state index in [2.05, 4.69) is 21.2 Å². The van der Waals surface area contributed by atoms with E-state index in [1.807, 2.05) is 13.8 Å². The lowest BCUT2D eigenvalue weighted by Gasteiger charge is -2.19. The Morgan fingerprint density at radius 1 is 1.24 bits per heavy atom. The van der Waals surface area contributed by atoms with Gasteiger partial charge in [0.1, 0.15) is 35.2 Å². The van der Waals surface area contributed by atoms with Crippen LogP contribution in [0.15, 0.2) is 46.0 Å². The van der Waals surface area contributed by atoms with E-state index in [9.17, 15) is 18.8 Å². The van der Waals surface area contributed by atoms with E-state index in [0.717, 1.165) is 6.07 Å². The highest BCUT2D eigenvalue weighted by Crippen LogP contribution is 2.31. The van der Waals surface area contributed by atoms with Gasteiger partial charge in [-0.15, -0.1) is 0 Å². The van der Waals surface area contributed by atoms with Gasteiger partial charge in [-0.1, -0.05) is 23.7 Å². The number of rotatable bonds is 4. The van der Waals surface area contributed by atoms with Gasteiger partial charge in [0.25, 0.3) is 11.4 Å². The molecule has 3 heterocycles. The van der Waals surface area contributed by atoms with Gasteiger partial charge in [-0.3, -0.25) is 9.20 Å². The molecule has 11 heteroatoms. The maximum atomic E-state index is 14.2. The summed E-state index contributed by atoms with van der Waals surface area (Å²) in [5, 5.41) is 13.8. The molecule has 0 aliphatic rings. The van der Waals surface area contributed by atoms with Crippen LogP contribution in [0.3, 0.4) is 0 Å². The Morgan fingerprint density at radius 3 is 2.74 bits per heavy atom. The standard InChI is InChI=1S/C23H15ClF2N6O2/c1-3-11(2)32-19-14(9-27)15(24)6-7-17(19)31-10-28-18(20(31)23(32)33)21-29-22(34-30-21)13-5-4-12(25)8-16(13)26/h4-8,10-11H,3H2,1-2H3. The van der Waals surface area contributed by atoms with Crippen molar-refractivity contribution in [3.8, 4) is 29.0 Å². The topological polar surface area (TPSA) is 102 Å². The Labute approximate surface area is 195 Å². The van der Waals surface area contributed by atoms with Gasteiger partial charge in [-0.2, -0.15) is 10.2 Å². The van der Waals surface area contributed by atoms with Crippen molar-refractivity contribution < 1.29 is 13.3 Å². The molecule has 0 spiro atoms. The van der Waals surface area contributed by atoms with Crippen LogP contribution in [-0.2, 0) is 0 Å². The van der Waals surface area contributed by atoms with Crippen molar-refractivity contribution in [3.05, 3.63) is 69.2 Å². The molecule has 3 aromatic heterocycles. The first-order valence-corrected chi connectivity index (χ1v) is 10.7. The second kappa shape index (κ2) is 8.04. The number of nitriles is 1. The first-order valence-electron chi connectivity index (χ1n) is 10.3. The van der Waals surface area contributed by atoms with Crippen LogP contribution in [0.5, 0.6) is 0 Å². The summed E-state index contributed by atoms with van der Waals surface area (Å²) >= 11 is 6.26. The molecule has 8 nitrogen and oxygen atoms in total. The highest BCUT2D eigenvalue weighted by atomic mass is 35.5. The molecule has 170 valence electrons. The molecule has 1 unspecified atom stereocenters. The Morgan fingerprint density at radius 2 is 2.03 bits per heavy atom. The number of benzene rings is 2. The summed E-state index contributed by atoms with van der Waals surface area (Å²) in [7, 11) is 0. The zero-order valence-electron chi connectivity index (χ0n) is 17.9. The van der Waals surface area contributed by atoms with Crippen molar-refractivity contribution in [2.45, 2.75) is 26.3 Å². The molecule has 5 aromatic rings. The van der Waals surface area contributed by atoms with E-state index in [1.165, 1.54) is 21.4 Å². The summed E-state index contributed by atoms with van der Waals surface area (Å²) in [5.41, 5.74) is 0.894. The summed E-state index contributed by atoms with van der Waals surface area (Å²) in [6.45, 7) is 3.78. The zero-order valence-corrected chi connectivity index (χ0v) is 18.6. The number of fused-ring (bicyclic) bond motifs is 3. The zero-order chi connectivity index (χ0) is 24.1. The minimum absolute atomic E-state index is 0.0390. The van der Waals surface area contributed by atoms with Gasteiger partial charge < -0.3 is 9.09 Å². The smallest absolute Gasteiger partial charge is 0.278 e. The van der Waals surface area contributed by atoms with E-state index < -0.39 is 17.2 Å². The third-order valence-electron chi connectivity index (χ3n) is 5.74. The highest BCUT2D eigenvalue weighted by molar-refractivity contribution is 6.32.